The van der Waals surface area contributed by atoms with E-state index in [1.54, 1.807) is 12.4 Å². The van der Waals surface area contributed by atoms with Crippen molar-refractivity contribution in [2.75, 3.05) is 0 Å². The highest BCUT2D eigenvalue weighted by Crippen LogP contribution is 2.36. The standard InChI is InChI=1S/C18H26N4O/c1-7-14(16(19-6)21-18(5)8-9-18)15(12(2)3)17(23)22-11-13(4)10-20-22/h10-11,21H,6-9H2,1-5H3/b16-14-. The second-order valence-corrected chi connectivity index (χ2v) is 6.67. The maximum Gasteiger partial charge on any atom is 0.278 e. The summed E-state index contributed by atoms with van der Waals surface area (Å²) in [5.41, 5.74) is 3.54. The molecule has 1 N–H and O–H groups in total. The fourth-order valence-corrected chi connectivity index (χ4v) is 2.55. The van der Waals surface area contributed by atoms with E-state index in [0.29, 0.717) is 17.8 Å². The van der Waals surface area contributed by atoms with E-state index in [1.165, 1.54) is 4.68 Å². The van der Waals surface area contributed by atoms with Gasteiger partial charge in [-0.1, -0.05) is 12.5 Å². The summed E-state index contributed by atoms with van der Waals surface area (Å²) < 4.78 is 1.40. The second kappa shape index (κ2) is 6.52. The number of aryl methyl sites for hydroxylation is 1. The van der Waals surface area contributed by atoms with Crippen LogP contribution in [0.4, 0.5) is 0 Å². The zero-order chi connectivity index (χ0) is 17.2. The molecule has 0 unspecified atom stereocenters. The Hall–Kier alpha value is -2.17. The number of hydrogen-bond acceptors (Lipinski definition) is 4. The van der Waals surface area contributed by atoms with Crippen molar-refractivity contribution in [1.29, 1.82) is 0 Å². The summed E-state index contributed by atoms with van der Waals surface area (Å²) in [6, 6.07) is 0. The van der Waals surface area contributed by atoms with Crippen LogP contribution in [-0.4, -0.2) is 27.9 Å². The van der Waals surface area contributed by atoms with Gasteiger partial charge in [-0.15, -0.1) is 0 Å². The Kier molecular flexibility index (Phi) is 4.88. The predicted octanol–water partition coefficient (Wildman–Crippen LogP) is 3.63. The fourth-order valence-electron chi connectivity index (χ4n) is 2.55. The Labute approximate surface area is 138 Å². The number of allylic oxidation sites excluding steroid dienone is 3. The van der Waals surface area contributed by atoms with Gasteiger partial charge in [-0.2, -0.15) is 5.10 Å². The lowest BCUT2D eigenvalue weighted by Crippen LogP contribution is -2.28. The first kappa shape index (κ1) is 17.2. The molecule has 0 bridgehead atoms. The van der Waals surface area contributed by atoms with Gasteiger partial charge in [0.1, 0.15) is 5.82 Å². The highest BCUT2D eigenvalue weighted by atomic mass is 16.2. The highest BCUT2D eigenvalue weighted by Gasteiger charge is 2.38. The summed E-state index contributed by atoms with van der Waals surface area (Å²) in [6.07, 6.45) is 6.35. The molecule has 1 aromatic heterocycles. The molecule has 0 atom stereocenters. The Bertz CT molecular complexity index is 686. The van der Waals surface area contributed by atoms with Gasteiger partial charge in [0.2, 0.25) is 0 Å². The van der Waals surface area contributed by atoms with Crippen molar-refractivity contribution in [1.82, 2.24) is 15.1 Å². The van der Waals surface area contributed by atoms with Gasteiger partial charge in [-0.3, -0.25) is 4.79 Å². The fraction of sp³-hybridized carbons (Fsp3) is 0.500. The van der Waals surface area contributed by atoms with Crippen LogP contribution in [0, 0.1) is 6.92 Å². The van der Waals surface area contributed by atoms with E-state index in [4.69, 9.17) is 0 Å². The molecule has 124 valence electrons. The number of carbonyl (C=O) groups excluding carboxylic acids is 1. The lowest BCUT2D eigenvalue weighted by Gasteiger charge is -2.19. The molecule has 1 aliphatic rings. The molecule has 0 amide bonds. The van der Waals surface area contributed by atoms with Crippen LogP contribution in [0.3, 0.4) is 0 Å². The predicted molar refractivity (Wildman–Crippen MR) is 93.6 cm³/mol. The third-order valence-corrected chi connectivity index (χ3v) is 4.15. The van der Waals surface area contributed by atoms with Gasteiger partial charge in [0.25, 0.3) is 5.91 Å². The molecule has 1 fully saturated rings. The molecule has 5 nitrogen and oxygen atoms in total. The number of aromatic nitrogens is 2. The Morgan fingerprint density at radius 2 is 2.13 bits per heavy atom. The third-order valence-electron chi connectivity index (χ3n) is 4.15. The van der Waals surface area contributed by atoms with Crippen molar-refractivity contribution < 1.29 is 4.79 Å². The van der Waals surface area contributed by atoms with Crippen molar-refractivity contribution in [2.24, 2.45) is 4.99 Å². The van der Waals surface area contributed by atoms with Gasteiger partial charge in [0.15, 0.2) is 0 Å². The normalized spacial score (nSPS) is 16.4. The van der Waals surface area contributed by atoms with Crippen molar-refractivity contribution in [3.05, 3.63) is 40.5 Å². The minimum atomic E-state index is -0.126. The van der Waals surface area contributed by atoms with Crippen LogP contribution >= 0.6 is 0 Å². The molecular weight excluding hydrogens is 288 g/mol. The SMILES string of the molecule is C=N/C(NC1(C)CC1)=C(\CC)C(C(=O)n1cc(C)cn1)=C(C)C. The van der Waals surface area contributed by atoms with Gasteiger partial charge in [0, 0.05) is 22.9 Å². The second-order valence-electron chi connectivity index (χ2n) is 6.67. The van der Waals surface area contributed by atoms with Gasteiger partial charge in [-0.25, -0.2) is 9.67 Å². The maximum absolute atomic E-state index is 12.9. The molecule has 1 heterocycles. The summed E-state index contributed by atoms with van der Waals surface area (Å²) in [5.74, 6) is 0.583. The van der Waals surface area contributed by atoms with Gasteiger partial charge in [0.05, 0.1) is 6.20 Å². The van der Waals surface area contributed by atoms with Crippen LogP contribution in [-0.2, 0) is 0 Å². The quantitative estimate of drug-likeness (QED) is 0.495. The van der Waals surface area contributed by atoms with Gasteiger partial charge in [-0.05, 0) is 59.2 Å². The van der Waals surface area contributed by atoms with Crippen LogP contribution in [0.2, 0.25) is 0 Å². The van der Waals surface area contributed by atoms with E-state index >= 15 is 0 Å². The minimum absolute atomic E-state index is 0.0784. The third kappa shape index (κ3) is 3.78. The van der Waals surface area contributed by atoms with Crippen LogP contribution in [0.25, 0.3) is 0 Å². The molecule has 1 aromatic rings. The van der Waals surface area contributed by atoms with Crippen LogP contribution in [0.5, 0.6) is 0 Å². The zero-order valence-electron chi connectivity index (χ0n) is 14.7. The van der Waals surface area contributed by atoms with E-state index < -0.39 is 0 Å². The number of carbonyl (C=O) groups is 1. The van der Waals surface area contributed by atoms with Crippen LogP contribution in [0.15, 0.2) is 39.9 Å². The molecule has 0 saturated heterocycles. The Balaban J connectivity index is 2.47. The zero-order valence-corrected chi connectivity index (χ0v) is 14.7. The number of hydrogen-bond donors (Lipinski definition) is 1. The van der Waals surface area contributed by atoms with Crippen molar-refractivity contribution >= 4 is 12.6 Å². The lowest BCUT2D eigenvalue weighted by atomic mass is 9.98. The average molecular weight is 314 g/mol. The largest absolute Gasteiger partial charge is 0.365 e. The van der Waals surface area contributed by atoms with E-state index in [-0.39, 0.29) is 11.4 Å². The van der Waals surface area contributed by atoms with Gasteiger partial charge < -0.3 is 5.32 Å². The first-order chi connectivity index (χ1) is 10.8. The highest BCUT2D eigenvalue weighted by molar-refractivity contribution is 5.99. The molecule has 1 saturated carbocycles. The van der Waals surface area contributed by atoms with E-state index in [0.717, 1.165) is 29.6 Å². The minimum Gasteiger partial charge on any atom is -0.365 e. The Morgan fingerprint density at radius 1 is 1.48 bits per heavy atom. The van der Waals surface area contributed by atoms with E-state index in [9.17, 15) is 4.79 Å². The summed E-state index contributed by atoms with van der Waals surface area (Å²) in [5, 5.41) is 7.60. The molecule has 23 heavy (non-hydrogen) atoms. The molecule has 1 aliphatic carbocycles. The number of nitrogens with zero attached hydrogens (tertiary/aromatic N) is 3. The molecule has 2 rings (SSSR count). The first-order valence-corrected chi connectivity index (χ1v) is 8.03. The summed E-state index contributed by atoms with van der Waals surface area (Å²) in [4.78, 5) is 17.1. The maximum atomic E-state index is 12.9. The molecule has 0 spiro atoms. The van der Waals surface area contributed by atoms with Crippen LogP contribution < -0.4 is 5.32 Å². The number of aliphatic imine (C=N–C) groups is 1. The number of nitrogens with one attached hydrogen (secondary N) is 1. The smallest absolute Gasteiger partial charge is 0.278 e. The number of rotatable bonds is 6. The van der Waals surface area contributed by atoms with E-state index in [2.05, 4.69) is 29.0 Å². The molecule has 0 radical (unpaired) electrons. The average Bonchev–Trinajstić information content (AvgIpc) is 3.06. The van der Waals surface area contributed by atoms with Crippen molar-refractivity contribution in [3.8, 4) is 0 Å². The molecule has 5 heteroatoms. The molecule has 0 aromatic carbocycles. The first-order valence-electron chi connectivity index (χ1n) is 8.03. The summed E-state index contributed by atoms with van der Waals surface area (Å²) in [7, 11) is 0. The Morgan fingerprint density at radius 3 is 2.52 bits per heavy atom. The van der Waals surface area contributed by atoms with Crippen LogP contribution in [0.1, 0.15) is 57.3 Å². The summed E-state index contributed by atoms with van der Waals surface area (Å²) >= 11 is 0. The van der Waals surface area contributed by atoms with E-state index in [1.807, 2.05) is 27.7 Å². The molecule has 0 aliphatic heterocycles. The van der Waals surface area contributed by atoms with Crippen molar-refractivity contribution in [2.45, 2.75) is 59.4 Å². The lowest BCUT2D eigenvalue weighted by molar-refractivity contribution is 0.0941. The molecular formula is C18H26N4O. The summed E-state index contributed by atoms with van der Waals surface area (Å²) in [6.45, 7) is 13.7. The monoisotopic (exact) mass is 314 g/mol. The topological polar surface area (TPSA) is 59.3 Å². The van der Waals surface area contributed by atoms with Gasteiger partial charge >= 0.3 is 0 Å². The van der Waals surface area contributed by atoms with Crippen molar-refractivity contribution in [3.63, 3.8) is 0 Å².